The number of ether oxygens (including phenoxy) is 1. The summed E-state index contributed by atoms with van der Waals surface area (Å²) in [6.45, 7) is 2.16. The highest BCUT2D eigenvalue weighted by Crippen LogP contribution is 2.25. The number of carbonyl (C=O) groups excluding carboxylic acids is 2. The first kappa shape index (κ1) is 20.4. The summed E-state index contributed by atoms with van der Waals surface area (Å²) in [7, 11) is 3.36. The van der Waals surface area contributed by atoms with Gasteiger partial charge < -0.3 is 15.0 Å². The Hall–Kier alpha value is -2.89. The van der Waals surface area contributed by atoms with E-state index in [2.05, 4.69) is 5.32 Å². The average molecular weight is 372 g/mol. The molecule has 144 valence electrons. The summed E-state index contributed by atoms with van der Waals surface area (Å²) in [5, 5.41) is 2.59. The maximum absolute atomic E-state index is 13.6. The lowest BCUT2D eigenvalue weighted by Crippen LogP contribution is -2.34. The lowest BCUT2D eigenvalue weighted by Gasteiger charge is -2.28. The molecule has 2 rings (SSSR count). The van der Waals surface area contributed by atoms with E-state index in [1.807, 2.05) is 31.2 Å². The Kier molecular flexibility index (Phi) is 7.34. The van der Waals surface area contributed by atoms with Crippen molar-refractivity contribution < 1.29 is 18.7 Å². The van der Waals surface area contributed by atoms with Gasteiger partial charge in [0.05, 0.1) is 18.7 Å². The zero-order valence-corrected chi connectivity index (χ0v) is 15.9. The maximum atomic E-state index is 13.6. The summed E-state index contributed by atoms with van der Waals surface area (Å²) in [5.41, 5.74) is 0.993. The number of nitrogens with one attached hydrogen (secondary N) is 1. The topological polar surface area (TPSA) is 58.6 Å². The van der Waals surface area contributed by atoms with Crippen LogP contribution in [-0.2, 0) is 4.79 Å². The number of hydrogen-bond donors (Lipinski definition) is 1. The molecule has 6 heteroatoms. The zero-order chi connectivity index (χ0) is 19.8. The Bertz CT molecular complexity index is 777. The second-order valence-corrected chi connectivity index (χ2v) is 6.19. The van der Waals surface area contributed by atoms with Gasteiger partial charge in [-0.1, -0.05) is 31.2 Å². The number of carbonyl (C=O) groups is 2. The van der Waals surface area contributed by atoms with Crippen molar-refractivity contribution in [2.75, 3.05) is 20.7 Å². The number of nitrogens with zero attached hydrogens (tertiary/aromatic N) is 1. The fraction of sp³-hybridized carbons (Fsp3) is 0.333. The van der Waals surface area contributed by atoms with Crippen molar-refractivity contribution >= 4 is 11.8 Å². The van der Waals surface area contributed by atoms with Crippen LogP contribution in [-0.4, -0.2) is 37.4 Å². The van der Waals surface area contributed by atoms with E-state index in [4.69, 9.17) is 4.74 Å². The first-order chi connectivity index (χ1) is 13.0. The van der Waals surface area contributed by atoms with Crippen molar-refractivity contribution in [2.45, 2.75) is 25.8 Å². The van der Waals surface area contributed by atoms with Gasteiger partial charge in [0.15, 0.2) is 0 Å². The van der Waals surface area contributed by atoms with Crippen LogP contribution in [0.1, 0.15) is 41.7 Å². The van der Waals surface area contributed by atoms with Gasteiger partial charge in [0.25, 0.3) is 5.91 Å². The molecular formula is C21H25FN2O3. The number of rotatable bonds is 8. The summed E-state index contributed by atoms with van der Waals surface area (Å²) >= 11 is 0. The van der Waals surface area contributed by atoms with E-state index in [1.165, 1.54) is 18.2 Å². The Morgan fingerprint density at radius 2 is 1.81 bits per heavy atom. The summed E-state index contributed by atoms with van der Waals surface area (Å²) in [5.74, 6) is -0.431. The van der Waals surface area contributed by atoms with E-state index in [-0.39, 0.29) is 30.5 Å². The zero-order valence-electron chi connectivity index (χ0n) is 15.9. The van der Waals surface area contributed by atoms with Crippen molar-refractivity contribution in [3.8, 4) is 5.75 Å². The van der Waals surface area contributed by atoms with Gasteiger partial charge in [-0.05, 0) is 36.2 Å². The van der Waals surface area contributed by atoms with Crippen molar-refractivity contribution in [1.29, 1.82) is 0 Å². The molecule has 0 saturated carbocycles. The molecule has 5 nitrogen and oxygen atoms in total. The van der Waals surface area contributed by atoms with Crippen LogP contribution >= 0.6 is 0 Å². The van der Waals surface area contributed by atoms with Gasteiger partial charge in [-0.15, -0.1) is 0 Å². The number of methoxy groups -OCH3 is 1. The highest BCUT2D eigenvalue weighted by molar-refractivity contribution is 5.94. The second-order valence-electron chi connectivity index (χ2n) is 6.19. The third-order valence-corrected chi connectivity index (χ3v) is 4.49. The molecule has 27 heavy (non-hydrogen) atoms. The molecule has 0 aliphatic rings. The first-order valence-electron chi connectivity index (χ1n) is 8.90. The van der Waals surface area contributed by atoms with Gasteiger partial charge in [0.1, 0.15) is 11.6 Å². The molecule has 1 atom stereocenters. The minimum atomic E-state index is -0.580. The van der Waals surface area contributed by atoms with Crippen LogP contribution in [0.3, 0.4) is 0 Å². The quantitative estimate of drug-likeness (QED) is 0.771. The monoisotopic (exact) mass is 372 g/mol. The highest BCUT2D eigenvalue weighted by atomic mass is 19.1. The van der Waals surface area contributed by atoms with E-state index in [0.717, 1.165) is 17.7 Å². The standard InChI is InChI=1S/C21H25FN2O3/c1-4-19(15-9-11-16(27-3)12-10-15)24(2)20(25)13-14-23-21(26)17-7-5-6-8-18(17)22/h5-12,19H,4,13-14H2,1-3H3,(H,23,26). The van der Waals surface area contributed by atoms with Crippen molar-refractivity contribution in [1.82, 2.24) is 10.2 Å². The van der Waals surface area contributed by atoms with E-state index in [9.17, 15) is 14.0 Å². The van der Waals surface area contributed by atoms with Crippen molar-refractivity contribution in [2.24, 2.45) is 0 Å². The van der Waals surface area contributed by atoms with Gasteiger partial charge in [-0.25, -0.2) is 4.39 Å². The fourth-order valence-corrected chi connectivity index (χ4v) is 2.93. The lowest BCUT2D eigenvalue weighted by molar-refractivity contribution is -0.132. The number of hydrogen-bond acceptors (Lipinski definition) is 3. The smallest absolute Gasteiger partial charge is 0.254 e. The predicted octanol–water partition coefficient (Wildman–Crippen LogP) is 3.56. The molecule has 0 aromatic heterocycles. The summed E-state index contributed by atoms with van der Waals surface area (Å²) in [6.07, 6.45) is 0.902. The van der Waals surface area contributed by atoms with Crippen LogP contribution in [0.25, 0.3) is 0 Å². The van der Waals surface area contributed by atoms with E-state index in [0.29, 0.717) is 0 Å². The molecule has 0 heterocycles. The molecular weight excluding hydrogens is 347 g/mol. The average Bonchev–Trinajstić information content (AvgIpc) is 2.69. The second kappa shape index (κ2) is 9.71. The van der Waals surface area contributed by atoms with E-state index < -0.39 is 11.7 Å². The SMILES string of the molecule is CCC(c1ccc(OC)cc1)N(C)C(=O)CCNC(=O)c1ccccc1F. The number of amides is 2. The Balaban J connectivity index is 1.91. The Morgan fingerprint density at radius 1 is 1.15 bits per heavy atom. The fourth-order valence-electron chi connectivity index (χ4n) is 2.93. The molecule has 1 N–H and O–H groups in total. The first-order valence-corrected chi connectivity index (χ1v) is 8.90. The molecule has 2 aromatic rings. The van der Waals surface area contributed by atoms with Gasteiger partial charge >= 0.3 is 0 Å². The van der Waals surface area contributed by atoms with Gasteiger partial charge in [-0.3, -0.25) is 9.59 Å². The van der Waals surface area contributed by atoms with E-state index in [1.54, 1.807) is 25.1 Å². The number of halogens is 1. The minimum Gasteiger partial charge on any atom is -0.497 e. The molecule has 1 unspecified atom stereocenters. The molecule has 0 aliphatic heterocycles. The molecule has 2 amide bonds. The lowest BCUT2D eigenvalue weighted by atomic mass is 10.0. The third kappa shape index (κ3) is 5.29. The van der Waals surface area contributed by atoms with Crippen molar-refractivity contribution in [3.05, 3.63) is 65.5 Å². The molecule has 0 spiro atoms. The third-order valence-electron chi connectivity index (χ3n) is 4.49. The summed E-state index contributed by atoms with van der Waals surface area (Å²) < 4.78 is 18.8. The minimum absolute atomic E-state index is 0.0250. The largest absolute Gasteiger partial charge is 0.497 e. The maximum Gasteiger partial charge on any atom is 0.254 e. The normalized spacial score (nSPS) is 11.6. The highest BCUT2D eigenvalue weighted by Gasteiger charge is 2.20. The number of benzene rings is 2. The van der Waals surface area contributed by atoms with Crippen LogP contribution in [0.5, 0.6) is 5.75 Å². The molecule has 2 aromatic carbocycles. The Morgan fingerprint density at radius 3 is 2.41 bits per heavy atom. The molecule has 0 fully saturated rings. The van der Waals surface area contributed by atoms with Crippen LogP contribution in [0.2, 0.25) is 0 Å². The van der Waals surface area contributed by atoms with E-state index >= 15 is 0 Å². The van der Waals surface area contributed by atoms with Crippen LogP contribution < -0.4 is 10.1 Å². The molecule has 0 radical (unpaired) electrons. The van der Waals surface area contributed by atoms with Crippen LogP contribution in [0.4, 0.5) is 4.39 Å². The van der Waals surface area contributed by atoms with Gasteiger partial charge in [0.2, 0.25) is 5.91 Å². The summed E-state index contributed by atoms with van der Waals surface area (Å²) in [6, 6.07) is 13.3. The molecule has 0 bridgehead atoms. The van der Waals surface area contributed by atoms with Crippen LogP contribution in [0.15, 0.2) is 48.5 Å². The molecule has 0 saturated heterocycles. The molecule has 0 aliphatic carbocycles. The predicted molar refractivity (Wildman–Crippen MR) is 102 cm³/mol. The van der Waals surface area contributed by atoms with Gasteiger partial charge in [-0.2, -0.15) is 0 Å². The van der Waals surface area contributed by atoms with Gasteiger partial charge in [0, 0.05) is 20.0 Å². The van der Waals surface area contributed by atoms with Crippen molar-refractivity contribution in [3.63, 3.8) is 0 Å². The summed E-state index contributed by atoms with van der Waals surface area (Å²) in [4.78, 5) is 26.2. The van der Waals surface area contributed by atoms with Crippen LogP contribution in [0, 0.1) is 5.82 Å². The Labute approximate surface area is 159 Å².